The van der Waals surface area contributed by atoms with Crippen LogP contribution in [0.15, 0.2) is 30.3 Å². The van der Waals surface area contributed by atoms with Gasteiger partial charge >= 0.3 is 10.4 Å². The predicted octanol–water partition coefficient (Wildman–Crippen LogP) is 1.96. The molecular formula is C23H33O10S2+. The van der Waals surface area contributed by atoms with E-state index in [0.29, 0.717) is 18.1 Å². The molecule has 0 amide bonds. The number of hydrogen-bond acceptors (Lipinski definition) is 9. The summed E-state index contributed by atoms with van der Waals surface area (Å²) in [5.41, 5.74) is 0.814. The topological polar surface area (TPSA) is 119 Å². The summed E-state index contributed by atoms with van der Waals surface area (Å²) in [4.78, 5) is 0. The van der Waals surface area contributed by atoms with Crippen LogP contribution in [-0.2, 0) is 53.9 Å². The third-order valence-electron chi connectivity index (χ3n) is 6.53. The third kappa shape index (κ3) is 5.87. The minimum absolute atomic E-state index is 0.0310. The van der Waals surface area contributed by atoms with Gasteiger partial charge in [0, 0.05) is 16.5 Å². The first-order valence-electron chi connectivity index (χ1n) is 11.7. The lowest BCUT2D eigenvalue weighted by Gasteiger charge is -2.35. The Morgan fingerprint density at radius 1 is 1.03 bits per heavy atom. The summed E-state index contributed by atoms with van der Waals surface area (Å²) in [6, 6.07) is 9.41. The molecule has 0 bridgehead atoms. The van der Waals surface area contributed by atoms with Gasteiger partial charge in [-0.15, -0.1) is 0 Å². The summed E-state index contributed by atoms with van der Waals surface area (Å²) >= 11 is 0. The zero-order valence-electron chi connectivity index (χ0n) is 20.2. The molecule has 4 saturated heterocycles. The maximum absolute atomic E-state index is 11.6. The van der Waals surface area contributed by atoms with E-state index in [9.17, 15) is 13.0 Å². The quantitative estimate of drug-likeness (QED) is 0.429. The Morgan fingerprint density at radius 3 is 2.40 bits per heavy atom. The van der Waals surface area contributed by atoms with E-state index >= 15 is 0 Å². The van der Waals surface area contributed by atoms with Crippen molar-refractivity contribution in [2.45, 2.75) is 81.3 Å². The van der Waals surface area contributed by atoms with Crippen molar-refractivity contribution in [2.75, 3.05) is 24.7 Å². The lowest BCUT2D eigenvalue weighted by atomic mass is 10.1. The molecule has 8 atom stereocenters. The highest BCUT2D eigenvalue weighted by atomic mass is 32.3. The van der Waals surface area contributed by atoms with Gasteiger partial charge in [-0.25, -0.2) is 4.18 Å². The van der Waals surface area contributed by atoms with Crippen LogP contribution in [0.3, 0.4) is 0 Å². The molecule has 5 rings (SSSR count). The molecule has 4 heterocycles. The highest BCUT2D eigenvalue weighted by Crippen LogP contribution is 2.44. The second kappa shape index (κ2) is 9.50. The SMILES string of the molecule is CC1(C)OC[C@@H]([C@H]2[C@@H]3OC(C)(C)O[C@@H]3C[S+]2C[C@H]2OC(c3ccccc3)OC[C@@H]2OS(=O)(=O)O)O1. The molecule has 0 radical (unpaired) electrons. The maximum atomic E-state index is 11.6. The van der Waals surface area contributed by atoms with E-state index in [0.717, 1.165) is 5.56 Å². The van der Waals surface area contributed by atoms with Gasteiger partial charge in [0.25, 0.3) is 0 Å². The zero-order valence-corrected chi connectivity index (χ0v) is 21.8. The molecule has 1 aromatic rings. The average Bonchev–Trinajstić information content (AvgIpc) is 3.36. The summed E-state index contributed by atoms with van der Waals surface area (Å²) in [7, 11) is -5.04. The van der Waals surface area contributed by atoms with Gasteiger partial charge in [0.15, 0.2) is 23.1 Å². The first kappa shape index (κ1) is 25.8. The highest BCUT2D eigenvalue weighted by molar-refractivity contribution is 7.97. The summed E-state index contributed by atoms with van der Waals surface area (Å²) in [6.07, 6.45) is -2.81. The molecule has 35 heavy (non-hydrogen) atoms. The van der Waals surface area contributed by atoms with E-state index in [2.05, 4.69) is 0 Å². The number of hydrogen-bond donors (Lipinski definition) is 1. The molecule has 4 aliphatic rings. The van der Waals surface area contributed by atoms with Crippen LogP contribution in [0.25, 0.3) is 0 Å². The minimum atomic E-state index is -4.70. The van der Waals surface area contributed by atoms with Crippen LogP contribution in [0.2, 0.25) is 0 Å². The number of ether oxygens (including phenoxy) is 6. The Hall–Kier alpha value is -0.800. The number of rotatable bonds is 6. The second-order valence-corrected chi connectivity index (χ2v) is 13.5. The van der Waals surface area contributed by atoms with Crippen molar-refractivity contribution in [1.29, 1.82) is 0 Å². The monoisotopic (exact) mass is 533 g/mol. The van der Waals surface area contributed by atoms with Gasteiger partial charge in [0.2, 0.25) is 0 Å². The van der Waals surface area contributed by atoms with Crippen LogP contribution in [-0.4, -0.2) is 85.0 Å². The molecule has 4 aliphatic heterocycles. The molecule has 1 aromatic carbocycles. The Kier molecular flexibility index (Phi) is 7.01. The Morgan fingerprint density at radius 2 is 1.74 bits per heavy atom. The fourth-order valence-electron chi connectivity index (χ4n) is 5.23. The molecular weight excluding hydrogens is 500 g/mol. The van der Waals surface area contributed by atoms with Gasteiger partial charge in [0.05, 0.1) is 13.2 Å². The minimum Gasteiger partial charge on any atom is -0.348 e. The third-order valence-corrected chi connectivity index (χ3v) is 9.87. The van der Waals surface area contributed by atoms with E-state index in [1.54, 1.807) is 0 Å². The summed E-state index contributed by atoms with van der Waals surface area (Å²) in [6.45, 7) is 7.96. The van der Waals surface area contributed by atoms with Gasteiger partial charge in [-0.1, -0.05) is 30.3 Å². The van der Waals surface area contributed by atoms with Crippen LogP contribution in [0.5, 0.6) is 0 Å². The van der Waals surface area contributed by atoms with Gasteiger partial charge in [0.1, 0.15) is 42.0 Å². The van der Waals surface area contributed by atoms with E-state index < -0.39 is 40.5 Å². The largest absolute Gasteiger partial charge is 0.397 e. The average molecular weight is 534 g/mol. The fourth-order valence-corrected chi connectivity index (χ4v) is 8.87. The predicted molar refractivity (Wildman–Crippen MR) is 126 cm³/mol. The lowest BCUT2D eigenvalue weighted by Crippen LogP contribution is -2.50. The molecule has 1 N–H and O–H groups in total. The standard InChI is InChI=1S/C23H32O10S2/c1-22(2)28-11-16(30-22)20-19-18(31-23(3,4)32-19)13-34(20)12-17-15(33-35(24,25)26)10-27-21(29-17)14-8-6-5-7-9-14/h5-9,15-21H,10-13H2,1-4H3/p+1/t15-,16-,17+,18+,19+,20-,21?,34?/m0/s1. The van der Waals surface area contributed by atoms with Crippen LogP contribution in [0.1, 0.15) is 39.5 Å². The smallest absolute Gasteiger partial charge is 0.348 e. The fraction of sp³-hybridized carbons (Fsp3) is 0.739. The summed E-state index contributed by atoms with van der Waals surface area (Å²) in [5.74, 6) is -0.203. The molecule has 4 fully saturated rings. The Bertz CT molecular complexity index is 1000. The van der Waals surface area contributed by atoms with Gasteiger partial charge in [-0.05, 0) is 27.7 Å². The van der Waals surface area contributed by atoms with Crippen molar-refractivity contribution < 1.29 is 45.6 Å². The van der Waals surface area contributed by atoms with Crippen molar-refractivity contribution in [1.82, 2.24) is 0 Å². The van der Waals surface area contributed by atoms with E-state index in [1.165, 1.54) is 0 Å². The van der Waals surface area contributed by atoms with Gasteiger partial charge < -0.3 is 28.4 Å². The number of fused-ring (bicyclic) bond motifs is 1. The van der Waals surface area contributed by atoms with Crippen LogP contribution < -0.4 is 0 Å². The van der Waals surface area contributed by atoms with Gasteiger partial charge in [-0.2, -0.15) is 8.42 Å². The van der Waals surface area contributed by atoms with Crippen molar-refractivity contribution in [3.8, 4) is 0 Å². The highest BCUT2D eigenvalue weighted by Gasteiger charge is 2.64. The van der Waals surface area contributed by atoms with E-state index in [1.807, 2.05) is 58.0 Å². The molecule has 0 saturated carbocycles. The van der Waals surface area contributed by atoms with Crippen LogP contribution in [0.4, 0.5) is 0 Å². The van der Waals surface area contributed by atoms with Crippen LogP contribution in [0, 0.1) is 0 Å². The molecule has 2 unspecified atom stereocenters. The molecule has 10 nitrogen and oxygen atoms in total. The van der Waals surface area contributed by atoms with Crippen molar-refractivity contribution in [3.63, 3.8) is 0 Å². The molecule has 12 heteroatoms. The van der Waals surface area contributed by atoms with E-state index in [-0.39, 0.29) is 41.1 Å². The lowest BCUT2D eigenvalue weighted by molar-refractivity contribution is -0.245. The summed E-state index contributed by atoms with van der Waals surface area (Å²) < 4.78 is 74.0. The first-order chi connectivity index (χ1) is 16.4. The first-order valence-corrected chi connectivity index (χ1v) is 14.7. The molecule has 196 valence electrons. The van der Waals surface area contributed by atoms with Crippen molar-refractivity contribution in [2.24, 2.45) is 0 Å². The Labute approximate surface area is 208 Å². The number of benzene rings is 1. The normalized spacial score (nSPS) is 40.6. The zero-order chi connectivity index (χ0) is 25.0. The maximum Gasteiger partial charge on any atom is 0.397 e. The molecule has 0 aliphatic carbocycles. The second-order valence-electron chi connectivity index (χ2n) is 10.2. The van der Waals surface area contributed by atoms with E-state index in [4.69, 9.17) is 32.6 Å². The Balaban J connectivity index is 1.38. The molecule has 0 spiro atoms. The van der Waals surface area contributed by atoms with Gasteiger partial charge in [-0.3, -0.25) is 4.55 Å². The van der Waals surface area contributed by atoms with Crippen molar-refractivity contribution in [3.05, 3.63) is 35.9 Å². The molecule has 0 aromatic heterocycles. The van der Waals surface area contributed by atoms with Crippen LogP contribution >= 0.6 is 0 Å². The van der Waals surface area contributed by atoms with Crippen molar-refractivity contribution >= 4 is 21.3 Å². The summed E-state index contributed by atoms with van der Waals surface area (Å²) in [5, 5.41) is -0.0310.